The molecule has 0 bridgehead atoms. The number of aromatic nitrogens is 2. The van der Waals surface area contributed by atoms with Gasteiger partial charge in [-0.3, -0.25) is 0 Å². The van der Waals surface area contributed by atoms with Gasteiger partial charge in [0.25, 0.3) is 0 Å². The molecule has 0 aliphatic heterocycles. The molecule has 0 aliphatic rings. The second-order valence-electron chi connectivity index (χ2n) is 3.70. The molecule has 1 heterocycles. The first-order valence-electron chi connectivity index (χ1n) is 5.08. The van der Waals surface area contributed by atoms with E-state index in [1.54, 1.807) is 19.1 Å². The van der Waals surface area contributed by atoms with Gasteiger partial charge in [-0.1, -0.05) is 17.7 Å². The average molecular weight is 256 g/mol. The quantitative estimate of drug-likeness (QED) is 0.915. The Bertz CT molecular complexity index is 507. The number of halogens is 2. The maximum Gasteiger partial charge on any atom is 0.232 e. The van der Waals surface area contributed by atoms with Gasteiger partial charge < -0.3 is 10.2 Å². The molecule has 2 aromatic rings. The first-order valence-corrected chi connectivity index (χ1v) is 5.46. The van der Waals surface area contributed by atoms with Crippen molar-refractivity contribution >= 4 is 11.6 Å². The van der Waals surface area contributed by atoms with Crippen molar-refractivity contribution in [1.29, 1.82) is 0 Å². The molecule has 2 rings (SSSR count). The second kappa shape index (κ2) is 4.81. The summed E-state index contributed by atoms with van der Waals surface area (Å²) in [5, 5.41) is 7.90. The summed E-state index contributed by atoms with van der Waals surface area (Å²) in [5.41, 5.74) is 5.93. The largest absolute Gasteiger partial charge is 0.423 e. The second-order valence-corrected chi connectivity index (χ2v) is 4.11. The van der Waals surface area contributed by atoms with Gasteiger partial charge in [0.05, 0.1) is 12.5 Å². The highest BCUT2D eigenvalue weighted by atomic mass is 35.5. The third-order valence-electron chi connectivity index (χ3n) is 2.26. The van der Waals surface area contributed by atoms with E-state index in [9.17, 15) is 4.39 Å². The van der Waals surface area contributed by atoms with Gasteiger partial charge in [-0.25, -0.2) is 4.39 Å². The smallest absolute Gasteiger partial charge is 0.232 e. The molecule has 6 heteroatoms. The Morgan fingerprint density at radius 3 is 2.82 bits per heavy atom. The van der Waals surface area contributed by atoms with Crippen LogP contribution in [0.25, 0.3) is 0 Å². The molecule has 0 saturated heterocycles. The van der Waals surface area contributed by atoms with E-state index in [0.717, 1.165) is 0 Å². The molecule has 0 spiro atoms. The first kappa shape index (κ1) is 12.0. The van der Waals surface area contributed by atoms with Gasteiger partial charge in [0.2, 0.25) is 11.8 Å². The van der Waals surface area contributed by atoms with Gasteiger partial charge in [0, 0.05) is 10.6 Å². The number of hydrogen-bond donors (Lipinski definition) is 1. The third-order valence-corrected chi connectivity index (χ3v) is 2.62. The van der Waals surface area contributed by atoms with Crippen molar-refractivity contribution in [3.63, 3.8) is 0 Å². The highest BCUT2D eigenvalue weighted by Crippen LogP contribution is 2.22. The molecule has 2 N–H and O–H groups in total. The maximum absolute atomic E-state index is 13.5. The Hall–Kier alpha value is -1.46. The highest BCUT2D eigenvalue weighted by Gasteiger charge is 2.14. The van der Waals surface area contributed by atoms with Gasteiger partial charge in [-0.15, -0.1) is 10.2 Å². The van der Waals surface area contributed by atoms with Crippen LogP contribution in [-0.4, -0.2) is 10.2 Å². The van der Waals surface area contributed by atoms with Crippen molar-refractivity contribution in [3.8, 4) is 0 Å². The highest BCUT2D eigenvalue weighted by molar-refractivity contribution is 6.31. The van der Waals surface area contributed by atoms with E-state index in [2.05, 4.69) is 10.2 Å². The number of nitrogens with zero attached hydrogens (tertiary/aromatic N) is 2. The molecule has 1 unspecified atom stereocenters. The van der Waals surface area contributed by atoms with E-state index < -0.39 is 5.82 Å². The molecule has 1 atom stereocenters. The van der Waals surface area contributed by atoms with Gasteiger partial charge in [-0.2, -0.15) is 0 Å². The van der Waals surface area contributed by atoms with Crippen molar-refractivity contribution < 1.29 is 8.81 Å². The van der Waals surface area contributed by atoms with Crippen molar-refractivity contribution in [1.82, 2.24) is 10.2 Å². The molecule has 1 aromatic heterocycles. The molecule has 0 amide bonds. The minimum absolute atomic E-state index is 0.158. The Kier molecular flexibility index (Phi) is 3.40. The molecular weight excluding hydrogens is 245 g/mol. The van der Waals surface area contributed by atoms with Crippen molar-refractivity contribution in [2.45, 2.75) is 19.4 Å². The predicted octanol–water partition coefficient (Wildman–Crippen LogP) is 2.47. The molecule has 90 valence electrons. The molecule has 0 saturated carbocycles. The molecule has 4 nitrogen and oxygen atoms in total. The summed E-state index contributed by atoms with van der Waals surface area (Å²) in [6.45, 7) is 1.73. The minimum Gasteiger partial charge on any atom is -0.423 e. The van der Waals surface area contributed by atoms with Crippen molar-refractivity contribution in [2.24, 2.45) is 5.73 Å². The fourth-order valence-electron chi connectivity index (χ4n) is 1.37. The van der Waals surface area contributed by atoms with Crippen LogP contribution in [0.5, 0.6) is 0 Å². The van der Waals surface area contributed by atoms with Crippen LogP contribution in [0.1, 0.15) is 30.3 Å². The standard InChI is InChI=1S/C11H11ClFN3O/c1-6(14)11-16-15-10(17-11)5-7-8(12)3-2-4-9(7)13/h2-4,6H,5,14H2,1H3. The zero-order valence-corrected chi connectivity index (χ0v) is 9.91. The van der Waals surface area contributed by atoms with Crippen LogP contribution in [-0.2, 0) is 6.42 Å². The van der Waals surface area contributed by atoms with Gasteiger partial charge in [-0.05, 0) is 19.1 Å². The average Bonchev–Trinajstić information content (AvgIpc) is 2.72. The summed E-state index contributed by atoms with van der Waals surface area (Å²) >= 11 is 5.89. The van der Waals surface area contributed by atoms with E-state index in [1.165, 1.54) is 6.07 Å². The lowest BCUT2D eigenvalue weighted by atomic mass is 10.1. The van der Waals surface area contributed by atoms with Crippen LogP contribution >= 0.6 is 11.6 Å². The first-order chi connectivity index (χ1) is 8.08. The van der Waals surface area contributed by atoms with E-state index in [1.807, 2.05) is 0 Å². The summed E-state index contributed by atoms with van der Waals surface area (Å²) in [6.07, 6.45) is 0.158. The predicted molar refractivity (Wildman–Crippen MR) is 61.1 cm³/mol. The van der Waals surface area contributed by atoms with E-state index in [0.29, 0.717) is 22.4 Å². The lowest BCUT2D eigenvalue weighted by Crippen LogP contribution is -2.04. The summed E-state index contributed by atoms with van der Waals surface area (Å²) in [7, 11) is 0. The lowest BCUT2D eigenvalue weighted by molar-refractivity contribution is 0.431. The molecule has 0 fully saturated rings. The summed E-state index contributed by atoms with van der Waals surface area (Å²) < 4.78 is 18.8. The van der Waals surface area contributed by atoms with E-state index in [-0.39, 0.29) is 12.5 Å². The lowest BCUT2D eigenvalue weighted by Gasteiger charge is -2.02. The van der Waals surface area contributed by atoms with E-state index >= 15 is 0 Å². The number of hydrogen-bond acceptors (Lipinski definition) is 4. The zero-order valence-electron chi connectivity index (χ0n) is 9.15. The fraction of sp³-hybridized carbons (Fsp3) is 0.273. The molecule has 17 heavy (non-hydrogen) atoms. The summed E-state index contributed by atoms with van der Waals surface area (Å²) in [5.74, 6) is 0.231. The van der Waals surface area contributed by atoms with Crippen molar-refractivity contribution in [2.75, 3.05) is 0 Å². The van der Waals surface area contributed by atoms with Crippen molar-refractivity contribution in [3.05, 3.63) is 46.4 Å². The van der Waals surface area contributed by atoms with Gasteiger partial charge in [0.1, 0.15) is 5.82 Å². The fourth-order valence-corrected chi connectivity index (χ4v) is 1.60. The summed E-state index contributed by atoms with van der Waals surface area (Å²) in [6, 6.07) is 4.15. The number of rotatable bonds is 3. The number of nitrogens with two attached hydrogens (primary N) is 1. The molecular formula is C11H11ClFN3O. The van der Waals surface area contributed by atoms with Crippen LogP contribution in [0, 0.1) is 5.82 Å². The Morgan fingerprint density at radius 1 is 1.47 bits per heavy atom. The minimum atomic E-state index is -0.391. The normalized spacial score (nSPS) is 12.7. The summed E-state index contributed by atoms with van der Waals surface area (Å²) in [4.78, 5) is 0. The van der Waals surface area contributed by atoms with Gasteiger partial charge >= 0.3 is 0 Å². The zero-order chi connectivity index (χ0) is 12.4. The molecule has 1 aromatic carbocycles. The Balaban J connectivity index is 2.25. The Morgan fingerprint density at radius 2 is 2.24 bits per heavy atom. The van der Waals surface area contributed by atoms with E-state index in [4.69, 9.17) is 21.8 Å². The number of benzene rings is 1. The topological polar surface area (TPSA) is 64.9 Å². The Labute approximate surface area is 103 Å². The maximum atomic E-state index is 13.5. The van der Waals surface area contributed by atoms with Crippen LogP contribution < -0.4 is 5.73 Å². The SMILES string of the molecule is CC(N)c1nnc(Cc2c(F)cccc2Cl)o1. The van der Waals surface area contributed by atoms with Crippen LogP contribution in [0.3, 0.4) is 0 Å². The van der Waals surface area contributed by atoms with Gasteiger partial charge in [0.15, 0.2) is 0 Å². The monoisotopic (exact) mass is 255 g/mol. The third kappa shape index (κ3) is 2.62. The molecule has 0 aliphatic carbocycles. The molecule has 0 radical (unpaired) electrons. The van der Waals surface area contributed by atoms with Crippen LogP contribution in [0.15, 0.2) is 22.6 Å². The van der Waals surface area contributed by atoms with Crippen LogP contribution in [0.2, 0.25) is 5.02 Å². The van der Waals surface area contributed by atoms with Crippen LogP contribution in [0.4, 0.5) is 4.39 Å².